The predicted molar refractivity (Wildman–Crippen MR) is 81.8 cm³/mol. The molecule has 21 heavy (non-hydrogen) atoms. The molecule has 5 nitrogen and oxygen atoms in total. The van der Waals surface area contributed by atoms with Crippen LogP contribution in [-0.2, 0) is 24.9 Å². The molecule has 1 aliphatic heterocycles. The molecule has 2 aromatic rings. The number of aromatic nitrogens is 2. The lowest BCUT2D eigenvalue weighted by atomic mass is 10.2. The van der Waals surface area contributed by atoms with Crippen molar-refractivity contribution in [3.63, 3.8) is 0 Å². The summed E-state index contributed by atoms with van der Waals surface area (Å²) in [6.07, 6.45) is 5.52. The fraction of sp³-hybridized carbons (Fsp3) is 0.375. The van der Waals surface area contributed by atoms with E-state index < -0.39 is 0 Å². The van der Waals surface area contributed by atoms with Gasteiger partial charge in [0.2, 0.25) is 5.91 Å². The lowest BCUT2D eigenvalue weighted by molar-refractivity contribution is -0.117. The van der Waals surface area contributed by atoms with Gasteiger partial charge in [0.25, 0.3) is 0 Å². The van der Waals surface area contributed by atoms with Gasteiger partial charge in [-0.2, -0.15) is 5.10 Å². The molecule has 0 saturated carbocycles. The van der Waals surface area contributed by atoms with Gasteiger partial charge in [0.1, 0.15) is 0 Å². The van der Waals surface area contributed by atoms with Gasteiger partial charge >= 0.3 is 0 Å². The number of rotatable bonds is 5. The van der Waals surface area contributed by atoms with E-state index in [0.717, 1.165) is 31.7 Å². The summed E-state index contributed by atoms with van der Waals surface area (Å²) in [6.45, 7) is 2.46. The first-order chi connectivity index (χ1) is 10.2. The van der Waals surface area contributed by atoms with Crippen molar-refractivity contribution in [2.45, 2.75) is 25.9 Å². The van der Waals surface area contributed by atoms with E-state index >= 15 is 0 Å². The molecule has 0 bridgehead atoms. The summed E-state index contributed by atoms with van der Waals surface area (Å²) in [5.74, 6) is 0.234. The molecular weight excluding hydrogens is 264 g/mol. The Morgan fingerprint density at radius 3 is 2.57 bits per heavy atom. The molecule has 3 rings (SSSR count). The molecule has 0 atom stereocenters. The summed E-state index contributed by atoms with van der Waals surface area (Å²) in [5.41, 5.74) is 3.40. The van der Waals surface area contributed by atoms with Gasteiger partial charge in [-0.1, -0.05) is 12.1 Å². The van der Waals surface area contributed by atoms with Gasteiger partial charge in [-0.25, -0.2) is 0 Å². The molecule has 2 heterocycles. The van der Waals surface area contributed by atoms with Crippen LogP contribution in [0.4, 0.5) is 5.69 Å². The zero-order valence-corrected chi connectivity index (χ0v) is 12.2. The highest BCUT2D eigenvalue weighted by Crippen LogP contribution is 2.21. The Morgan fingerprint density at radius 2 is 1.95 bits per heavy atom. The van der Waals surface area contributed by atoms with Crippen molar-refractivity contribution in [2.24, 2.45) is 7.05 Å². The van der Waals surface area contributed by atoms with Crippen LogP contribution in [0, 0.1) is 0 Å². The fourth-order valence-electron chi connectivity index (χ4n) is 2.63. The first-order valence-corrected chi connectivity index (χ1v) is 7.30. The minimum Gasteiger partial charge on any atom is -0.312 e. The second-order valence-electron chi connectivity index (χ2n) is 5.44. The number of amides is 1. The molecule has 0 spiro atoms. The maximum Gasteiger partial charge on any atom is 0.227 e. The zero-order valence-electron chi connectivity index (χ0n) is 12.2. The maximum atomic E-state index is 11.7. The Kier molecular flexibility index (Phi) is 4.01. The third kappa shape index (κ3) is 3.31. The summed E-state index contributed by atoms with van der Waals surface area (Å²) < 4.78 is 1.80. The minimum atomic E-state index is 0.234. The van der Waals surface area contributed by atoms with Gasteiger partial charge in [-0.15, -0.1) is 0 Å². The van der Waals surface area contributed by atoms with Gasteiger partial charge < -0.3 is 10.2 Å². The van der Waals surface area contributed by atoms with Gasteiger partial charge in [0.15, 0.2) is 0 Å². The smallest absolute Gasteiger partial charge is 0.227 e. The summed E-state index contributed by atoms with van der Waals surface area (Å²) in [6, 6.07) is 8.23. The minimum absolute atomic E-state index is 0.234. The van der Waals surface area contributed by atoms with Crippen molar-refractivity contribution >= 4 is 11.6 Å². The SMILES string of the molecule is Cn1cc(CNCc2ccc(N3CCCC3=O)cc2)cn1. The van der Waals surface area contributed by atoms with Crippen LogP contribution in [0.3, 0.4) is 0 Å². The number of carbonyl (C=O) groups is 1. The first kappa shape index (κ1) is 13.8. The van der Waals surface area contributed by atoms with E-state index in [4.69, 9.17) is 0 Å². The van der Waals surface area contributed by atoms with E-state index in [0.29, 0.717) is 6.42 Å². The van der Waals surface area contributed by atoms with Crippen LogP contribution < -0.4 is 10.2 Å². The second-order valence-corrected chi connectivity index (χ2v) is 5.44. The Bertz CT molecular complexity index is 617. The lowest BCUT2D eigenvalue weighted by Gasteiger charge is -2.16. The highest BCUT2D eigenvalue weighted by atomic mass is 16.2. The van der Waals surface area contributed by atoms with Crippen molar-refractivity contribution < 1.29 is 4.79 Å². The summed E-state index contributed by atoms with van der Waals surface area (Å²) in [4.78, 5) is 13.6. The van der Waals surface area contributed by atoms with E-state index in [1.165, 1.54) is 11.1 Å². The third-order valence-corrected chi connectivity index (χ3v) is 3.74. The summed E-state index contributed by atoms with van der Waals surface area (Å²) in [7, 11) is 1.92. The molecule has 1 N–H and O–H groups in total. The van der Waals surface area contributed by atoms with Gasteiger partial charge in [0, 0.05) is 50.6 Å². The number of carbonyl (C=O) groups excluding carboxylic acids is 1. The molecular formula is C16H20N4O. The Labute approximate surface area is 124 Å². The van der Waals surface area contributed by atoms with Crippen LogP contribution in [0.5, 0.6) is 0 Å². The zero-order chi connectivity index (χ0) is 14.7. The largest absolute Gasteiger partial charge is 0.312 e. The quantitative estimate of drug-likeness (QED) is 0.911. The van der Waals surface area contributed by atoms with Crippen molar-refractivity contribution in [3.05, 3.63) is 47.8 Å². The van der Waals surface area contributed by atoms with Gasteiger partial charge in [-0.3, -0.25) is 9.48 Å². The molecule has 0 unspecified atom stereocenters. The first-order valence-electron chi connectivity index (χ1n) is 7.30. The highest BCUT2D eigenvalue weighted by Gasteiger charge is 2.21. The van der Waals surface area contributed by atoms with Crippen molar-refractivity contribution in [1.82, 2.24) is 15.1 Å². The van der Waals surface area contributed by atoms with Crippen LogP contribution in [0.25, 0.3) is 0 Å². The molecule has 0 radical (unpaired) electrons. The Morgan fingerprint density at radius 1 is 1.19 bits per heavy atom. The molecule has 5 heteroatoms. The summed E-state index contributed by atoms with van der Waals surface area (Å²) in [5, 5.41) is 7.54. The Balaban J connectivity index is 1.53. The van der Waals surface area contributed by atoms with E-state index in [1.807, 2.05) is 36.5 Å². The maximum absolute atomic E-state index is 11.7. The fourth-order valence-corrected chi connectivity index (χ4v) is 2.63. The topological polar surface area (TPSA) is 50.2 Å². The molecule has 0 aliphatic carbocycles. The summed E-state index contributed by atoms with van der Waals surface area (Å²) >= 11 is 0. The average Bonchev–Trinajstić information content (AvgIpc) is 3.09. The van der Waals surface area contributed by atoms with E-state index in [2.05, 4.69) is 22.5 Å². The number of hydrogen-bond donors (Lipinski definition) is 1. The van der Waals surface area contributed by atoms with E-state index in [1.54, 1.807) is 4.68 Å². The highest BCUT2D eigenvalue weighted by molar-refractivity contribution is 5.95. The van der Waals surface area contributed by atoms with E-state index in [9.17, 15) is 4.79 Å². The number of aryl methyl sites for hydroxylation is 1. The number of hydrogen-bond acceptors (Lipinski definition) is 3. The Hall–Kier alpha value is -2.14. The molecule has 1 aliphatic rings. The monoisotopic (exact) mass is 284 g/mol. The number of nitrogens with one attached hydrogen (secondary N) is 1. The average molecular weight is 284 g/mol. The third-order valence-electron chi connectivity index (χ3n) is 3.74. The van der Waals surface area contributed by atoms with Crippen LogP contribution in [0.2, 0.25) is 0 Å². The molecule has 1 fully saturated rings. The van der Waals surface area contributed by atoms with Crippen LogP contribution in [0.15, 0.2) is 36.7 Å². The normalized spacial score (nSPS) is 14.9. The molecule has 1 aromatic carbocycles. The number of nitrogens with zero attached hydrogens (tertiary/aromatic N) is 3. The van der Waals surface area contributed by atoms with Gasteiger partial charge in [-0.05, 0) is 24.1 Å². The van der Waals surface area contributed by atoms with Crippen LogP contribution in [-0.4, -0.2) is 22.2 Å². The predicted octanol–water partition coefficient (Wildman–Crippen LogP) is 1.84. The van der Waals surface area contributed by atoms with E-state index in [-0.39, 0.29) is 5.91 Å². The van der Waals surface area contributed by atoms with Crippen molar-refractivity contribution in [3.8, 4) is 0 Å². The van der Waals surface area contributed by atoms with Crippen molar-refractivity contribution in [1.29, 1.82) is 0 Å². The lowest BCUT2D eigenvalue weighted by Crippen LogP contribution is -2.23. The molecule has 1 saturated heterocycles. The molecule has 110 valence electrons. The molecule has 1 amide bonds. The number of benzene rings is 1. The standard InChI is InChI=1S/C16H20N4O/c1-19-12-14(11-18-19)10-17-9-13-4-6-15(7-5-13)20-8-2-3-16(20)21/h4-7,11-12,17H,2-3,8-10H2,1H3. The molecule has 1 aromatic heterocycles. The van der Waals surface area contributed by atoms with Crippen molar-refractivity contribution in [2.75, 3.05) is 11.4 Å². The number of anilines is 1. The van der Waals surface area contributed by atoms with Crippen LogP contribution in [0.1, 0.15) is 24.0 Å². The second kappa shape index (κ2) is 6.10. The van der Waals surface area contributed by atoms with Gasteiger partial charge in [0.05, 0.1) is 6.20 Å². The van der Waals surface area contributed by atoms with Crippen LogP contribution >= 0.6 is 0 Å².